The van der Waals surface area contributed by atoms with Crippen LogP contribution in [-0.2, 0) is 0 Å². The van der Waals surface area contributed by atoms with Crippen LogP contribution in [0.15, 0.2) is 42.6 Å². The molecule has 0 bridgehead atoms. The van der Waals surface area contributed by atoms with E-state index >= 15 is 0 Å². The van der Waals surface area contributed by atoms with Gasteiger partial charge in [-0.05, 0) is 49.2 Å². The van der Waals surface area contributed by atoms with E-state index in [1.165, 1.54) is 0 Å². The van der Waals surface area contributed by atoms with Crippen molar-refractivity contribution in [3.8, 4) is 17.0 Å². The Labute approximate surface area is 146 Å². The summed E-state index contributed by atoms with van der Waals surface area (Å²) >= 11 is 6.12. The number of benzene rings is 1. The Morgan fingerprint density at radius 3 is 2.58 bits per heavy atom. The van der Waals surface area contributed by atoms with Gasteiger partial charge in [0, 0.05) is 11.8 Å². The van der Waals surface area contributed by atoms with Gasteiger partial charge in [0.05, 0.1) is 29.1 Å². The zero-order valence-corrected chi connectivity index (χ0v) is 14.6. The molecule has 0 aliphatic carbocycles. The van der Waals surface area contributed by atoms with Crippen LogP contribution < -0.4 is 4.74 Å². The second kappa shape index (κ2) is 7.24. The van der Waals surface area contributed by atoms with Crippen molar-refractivity contribution in [1.29, 1.82) is 0 Å². The lowest BCUT2D eigenvalue weighted by Crippen LogP contribution is -2.02. The lowest BCUT2D eigenvalue weighted by atomic mass is 10.1. The van der Waals surface area contributed by atoms with E-state index < -0.39 is 6.10 Å². The molecule has 2 aromatic heterocycles. The van der Waals surface area contributed by atoms with E-state index in [9.17, 15) is 5.11 Å². The third kappa shape index (κ3) is 3.25. The zero-order chi connectivity index (χ0) is 17.1. The molecule has 0 radical (unpaired) electrons. The lowest BCUT2D eigenvalue weighted by molar-refractivity contribution is 0.168. The molecule has 0 aliphatic heterocycles. The number of pyridine rings is 1. The molecule has 1 unspecified atom stereocenters. The van der Waals surface area contributed by atoms with Gasteiger partial charge in [-0.25, -0.2) is 4.98 Å². The standard InChI is InChI=1S/C19H21ClN2O2/c1-3-11-24-15-8-5-13(6-9-15)18-19(16(23)4-2)22-12-14(20)7-10-17(22)21-18/h5-10,12,16,23H,3-4,11H2,1-2H3. The molecular formula is C19H21ClN2O2. The number of rotatable bonds is 6. The Kier molecular flexibility index (Phi) is 5.07. The average Bonchev–Trinajstić information content (AvgIpc) is 2.98. The number of aromatic nitrogens is 2. The fourth-order valence-electron chi connectivity index (χ4n) is 2.69. The second-order valence-electron chi connectivity index (χ2n) is 5.72. The molecule has 0 fully saturated rings. The summed E-state index contributed by atoms with van der Waals surface area (Å²) in [5.74, 6) is 0.838. The number of aliphatic hydroxyl groups is 1. The van der Waals surface area contributed by atoms with Crippen molar-refractivity contribution in [2.75, 3.05) is 6.61 Å². The number of hydrogen-bond acceptors (Lipinski definition) is 3. The lowest BCUT2D eigenvalue weighted by Gasteiger charge is -2.11. The summed E-state index contributed by atoms with van der Waals surface area (Å²) in [7, 11) is 0. The van der Waals surface area contributed by atoms with Crippen LogP contribution in [-0.4, -0.2) is 21.1 Å². The maximum Gasteiger partial charge on any atom is 0.137 e. The molecule has 4 nitrogen and oxygen atoms in total. The summed E-state index contributed by atoms with van der Waals surface area (Å²) < 4.78 is 7.50. The van der Waals surface area contributed by atoms with Gasteiger partial charge in [-0.1, -0.05) is 25.4 Å². The van der Waals surface area contributed by atoms with Gasteiger partial charge >= 0.3 is 0 Å². The number of ether oxygens (including phenoxy) is 1. The highest BCUT2D eigenvalue weighted by Crippen LogP contribution is 2.32. The molecule has 3 rings (SSSR count). The number of fused-ring (bicyclic) bond motifs is 1. The molecule has 1 aromatic carbocycles. The first-order valence-electron chi connectivity index (χ1n) is 8.22. The molecule has 0 saturated heterocycles. The van der Waals surface area contributed by atoms with Gasteiger partial charge in [-0.2, -0.15) is 0 Å². The van der Waals surface area contributed by atoms with Gasteiger partial charge in [0.15, 0.2) is 0 Å². The topological polar surface area (TPSA) is 46.8 Å². The van der Waals surface area contributed by atoms with Crippen molar-refractivity contribution in [2.45, 2.75) is 32.8 Å². The molecular weight excluding hydrogens is 324 g/mol. The number of halogens is 1. The molecule has 2 heterocycles. The second-order valence-corrected chi connectivity index (χ2v) is 6.15. The zero-order valence-electron chi connectivity index (χ0n) is 13.9. The van der Waals surface area contributed by atoms with E-state index in [1.807, 2.05) is 41.7 Å². The molecule has 126 valence electrons. The van der Waals surface area contributed by atoms with Crippen LogP contribution >= 0.6 is 11.6 Å². The Hall–Kier alpha value is -2.04. The quantitative estimate of drug-likeness (QED) is 0.692. The third-order valence-corrected chi connectivity index (χ3v) is 4.15. The van der Waals surface area contributed by atoms with Crippen molar-refractivity contribution >= 4 is 17.2 Å². The average molecular weight is 345 g/mol. The van der Waals surface area contributed by atoms with Gasteiger partial charge in [-0.15, -0.1) is 0 Å². The van der Waals surface area contributed by atoms with Crippen LogP contribution in [0.1, 0.15) is 38.5 Å². The summed E-state index contributed by atoms with van der Waals surface area (Å²) in [5.41, 5.74) is 3.25. The first kappa shape index (κ1) is 16.8. The van der Waals surface area contributed by atoms with Gasteiger partial charge in [-0.3, -0.25) is 4.40 Å². The fourth-order valence-corrected chi connectivity index (χ4v) is 2.85. The van der Waals surface area contributed by atoms with Crippen molar-refractivity contribution in [3.05, 3.63) is 53.3 Å². The molecule has 0 saturated carbocycles. The summed E-state index contributed by atoms with van der Waals surface area (Å²) in [6.45, 7) is 4.72. The van der Waals surface area contributed by atoms with E-state index in [4.69, 9.17) is 16.3 Å². The van der Waals surface area contributed by atoms with Crippen LogP contribution in [0.3, 0.4) is 0 Å². The van der Waals surface area contributed by atoms with E-state index in [0.29, 0.717) is 18.1 Å². The summed E-state index contributed by atoms with van der Waals surface area (Å²) in [4.78, 5) is 4.69. The molecule has 1 atom stereocenters. The van der Waals surface area contributed by atoms with E-state index in [-0.39, 0.29) is 0 Å². The third-order valence-electron chi connectivity index (χ3n) is 3.92. The number of imidazole rings is 1. The van der Waals surface area contributed by atoms with Crippen LogP contribution in [0.2, 0.25) is 5.02 Å². The fraction of sp³-hybridized carbons (Fsp3) is 0.316. The SMILES string of the molecule is CCCOc1ccc(-c2nc3ccc(Cl)cn3c2C(O)CC)cc1. The maximum absolute atomic E-state index is 10.5. The smallest absolute Gasteiger partial charge is 0.137 e. The Balaban J connectivity index is 2.07. The van der Waals surface area contributed by atoms with Gasteiger partial charge in [0.25, 0.3) is 0 Å². The predicted octanol–water partition coefficient (Wildman–Crippen LogP) is 4.89. The summed E-state index contributed by atoms with van der Waals surface area (Å²) in [6.07, 6.45) is 2.76. The first-order chi connectivity index (χ1) is 11.6. The summed E-state index contributed by atoms with van der Waals surface area (Å²) in [6, 6.07) is 11.5. The van der Waals surface area contributed by atoms with Crippen molar-refractivity contribution in [1.82, 2.24) is 9.38 Å². The molecule has 0 amide bonds. The van der Waals surface area contributed by atoms with Gasteiger partial charge < -0.3 is 9.84 Å². The highest BCUT2D eigenvalue weighted by atomic mass is 35.5. The van der Waals surface area contributed by atoms with E-state index in [2.05, 4.69) is 11.9 Å². The minimum absolute atomic E-state index is 0.602. The van der Waals surface area contributed by atoms with E-state index in [1.54, 1.807) is 12.3 Å². The summed E-state index contributed by atoms with van der Waals surface area (Å²) in [5, 5.41) is 11.1. The largest absolute Gasteiger partial charge is 0.494 e. The molecule has 0 aliphatic rings. The van der Waals surface area contributed by atoms with Crippen molar-refractivity contribution in [2.24, 2.45) is 0 Å². The van der Waals surface area contributed by atoms with Crippen molar-refractivity contribution in [3.63, 3.8) is 0 Å². The van der Waals surface area contributed by atoms with Gasteiger partial charge in [0.2, 0.25) is 0 Å². The molecule has 5 heteroatoms. The first-order valence-corrected chi connectivity index (χ1v) is 8.60. The van der Waals surface area contributed by atoms with Crippen LogP contribution in [0, 0.1) is 0 Å². The maximum atomic E-state index is 10.5. The molecule has 24 heavy (non-hydrogen) atoms. The normalized spacial score (nSPS) is 12.5. The number of aliphatic hydroxyl groups excluding tert-OH is 1. The highest BCUT2D eigenvalue weighted by Gasteiger charge is 2.20. The highest BCUT2D eigenvalue weighted by molar-refractivity contribution is 6.30. The predicted molar refractivity (Wildman–Crippen MR) is 96.7 cm³/mol. The van der Waals surface area contributed by atoms with Gasteiger partial charge in [0.1, 0.15) is 11.4 Å². The number of nitrogens with zero attached hydrogens (tertiary/aromatic N) is 2. The molecule has 3 aromatic rings. The van der Waals surface area contributed by atoms with Crippen LogP contribution in [0.4, 0.5) is 0 Å². The van der Waals surface area contributed by atoms with Crippen molar-refractivity contribution < 1.29 is 9.84 Å². The minimum Gasteiger partial charge on any atom is -0.494 e. The van der Waals surface area contributed by atoms with Crippen LogP contribution in [0.5, 0.6) is 5.75 Å². The molecule has 1 N–H and O–H groups in total. The Morgan fingerprint density at radius 2 is 1.92 bits per heavy atom. The Morgan fingerprint density at radius 1 is 1.17 bits per heavy atom. The minimum atomic E-state index is -0.607. The van der Waals surface area contributed by atoms with E-state index in [0.717, 1.165) is 34.8 Å². The van der Waals surface area contributed by atoms with Crippen LogP contribution in [0.25, 0.3) is 16.9 Å². The molecule has 0 spiro atoms. The Bertz CT molecular complexity index is 827. The monoisotopic (exact) mass is 344 g/mol. The number of hydrogen-bond donors (Lipinski definition) is 1.